The molecule has 0 aromatic carbocycles. The van der Waals surface area contributed by atoms with Gasteiger partial charge >= 0.3 is 0 Å². The summed E-state index contributed by atoms with van der Waals surface area (Å²) in [6.07, 6.45) is 8.79. The van der Waals surface area contributed by atoms with E-state index in [4.69, 9.17) is 0 Å². The van der Waals surface area contributed by atoms with Gasteiger partial charge in [0.05, 0.1) is 0 Å². The normalized spacial score (nSPS) is 23.0. The Hall–Kier alpha value is 0.0900. The van der Waals surface area contributed by atoms with Crippen molar-refractivity contribution in [3.8, 4) is 0 Å². The van der Waals surface area contributed by atoms with E-state index in [-0.39, 0.29) is 0 Å². The molecule has 0 bridgehead atoms. The lowest BCUT2D eigenvalue weighted by atomic mass is 10.00. The van der Waals surface area contributed by atoms with Crippen LogP contribution in [0.4, 0.5) is 0 Å². The lowest BCUT2D eigenvalue weighted by Gasteiger charge is -2.26. The van der Waals surface area contributed by atoms with E-state index in [1.165, 1.54) is 19.3 Å². The van der Waals surface area contributed by atoms with E-state index >= 15 is 0 Å². The molecule has 1 fully saturated rings. The van der Waals surface area contributed by atoms with Crippen LogP contribution in [0.25, 0.3) is 0 Å². The Morgan fingerprint density at radius 1 is 1.50 bits per heavy atom. The highest BCUT2D eigenvalue weighted by molar-refractivity contribution is 8.00. The minimum absolute atomic E-state index is 0.732. The zero-order chi connectivity index (χ0) is 7.40. The maximum absolute atomic E-state index is 2.28. The molecule has 1 rings (SSSR count). The molecule has 1 saturated carbocycles. The van der Waals surface area contributed by atoms with Crippen LogP contribution in [0.2, 0.25) is 0 Å². The summed E-state index contributed by atoms with van der Waals surface area (Å²) in [6, 6.07) is 0. The first kappa shape index (κ1) is 8.19. The zero-order valence-electron chi connectivity index (χ0n) is 6.84. The van der Waals surface area contributed by atoms with Gasteiger partial charge in [-0.05, 0) is 26.7 Å². The second-order valence-corrected chi connectivity index (χ2v) is 4.60. The fraction of sp³-hybridized carbons (Fsp3) is 0.778. The standard InChI is InChI=1S/C9H16S/c1-3-5-8(2)10-9-6-4-7-9/h3,5,8-9H,4,6-7H2,1-2H3/b5-3+. The van der Waals surface area contributed by atoms with Crippen LogP contribution in [-0.4, -0.2) is 10.5 Å². The van der Waals surface area contributed by atoms with Gasteiger partial charge in [-0.25, -0.2) is 0 Å². The second-order valence-electron chi connectivity index (χ2n) is 2.92. The molecule has 0 amide bonds. The summed E-state index contributed by atoms with van der Waals surface area (Å²) in [6.45, 7) is 4.38. The Morgan fingerprint density at radius 2 is 2.20 bits per heavy atom. The SMILES string of the molecule is C/C=C/C(C)SC1CCC1. The third-order valence-electron chi connectivity index (χ3n) is 1.92. The Kier molecular flexibility index (Phi) is 3.33. The molecule has 0 saturated heterocycles. The Morgan fingerprint density at radius 3 is 2.60 bits per heavy atom. The molecular weight excluding hydrogens is 140 g/mol. The van der Waals surface area contributed by atoms with Gasteiger partial charge in [-0.15, -0.1) is 0 Å². The van der Waals surface area contributed by atoms with Crippen LogP contribution in [0, 0.1) is 0 Å². The van der Waals surface area contributed by atoms with E-state index in [2.05, 4.69) is 37.8 Å². The Balaban J connectivity index is 2.10. The highest BCUT2D eigenvalue weighted by atomic mass is 32.2. The van der Waals surface area contributed by atoms with Crippen molar-refractivity contribution < 1.29 is 0 Å². The number of thioether (sulfide) groups is 1. The van der Waals surface area contributed by atoms with Crippen molar-refractivity contribution >= 4 is 11.8 Å². The van der Waals surface area contributed by atoms with Crippen LogP contribution in [0.15, 0.2) is 12.2 Å². The summed E-state index contributed by atoms with van der Waals surface area (Å²) in [7, 11) is 0. The molecular formula is C9H16S. The predicted octanol–water partition coefficient (Wildman–Crippen LogP) is 3.24. The lowest BCUT2D eigenvalue weighted by molar-refractivity contribution is 0.521. The van der Waals surface area contributed by atoms with Gasteiger partial charge in [0, 0.05) is 10.5 Å². The molecule has 58 valence electrons. The van der Waals surface area contributed by atoms with E-state index in [9.17, 15) is 0 Å². The Labute approximate surface area is 68.1 Å². The van der Waals surface area contributed by atoms with Gasteiger partial charge in [-0.3, -0.25) is 0 Å². The van der Waals surface area contributed by atoms with E-state index in [0.717, 1.165) is 10.5 Å². The molecule has 0 aromatic rings. The number of hydrogen-bond acceptors (Lipinski definition) is 1. The minimum atomic E-state index is 0.732. The van der Waals surface area contributed by atoms with Crippen LogP contribution in [0.5, 0.6) is 0 Å². The average Bonchev–Trinajstić information content (AvgIpc) is 1.80. The molecule has 1 atom stereocenters. The molecule has 1 unspecified atom stereocenters. The van der Waals surface area contributed by atoms with Crippen molar-refractivity contribution in [1.29, 1.82) is 0 Å². The van der Waals surface area contributed by atoms with Crippen LogP contribution in [-0.2, 0) is 0 Å². The first-order chi connectivity index (χ1) is 4.83. The third kappa shape index (κ3) is 2.37. The quantitative estimate of drug-likeness (QED) is 0.565. The van der Waals surface area contributed by atoms with Gasteiger partial charge in [0.15, 0.2) is 0 Å². The summed E-state index contributed by atoms with van der Waals surface area (Å²) < 4.78 is 0. The van der Waals surface area contributed by atoms with Gasteiger partial charge < -0.3 is 0 Å². The summed E-state index contributed by atoms with van der Waals surface area (Å²) in [5, 5.41) is 1.71. The maximum Gasteiger partial charge on any atom is 0.0201 e. The predicted molar refractivity (Wildman–Crippen MR) is 49.5 cm³/mol. The van der Waals surface area contributed by atoms with E-state index in [0.29, 0.717) is 0 Å². The van der Waals surface area contributed by atoms with Crippen molar-refractivity contribution in [1.82, 2.24) is 0 Å². The molecule has 0 nitrogen and oxygen atoms in total. The van der Waals surface area contributed by atoms with Crippen molar-refractivity contribution in [3.63, 3.8) is 0 Å². The topological polar surface area (TPSA) is 0 Å². The molecule has 1 heteroatoms. The monoisotopic (exact) mass is 156 g/mol. The first-order valence-electron chi connectivity index (χ1n) is 4.11. The van der Waals surface area contributed by atoms with Crippen molar-refractivity contribution in [3.05, 3.63) is 12.2 Å². The highest BCUT2D eigenvalue weighted by Crippen LogP contribution is 2.34. The Bertz CT molecular complexity index is 114. The van der Waals surface area contributed by atoms with E-state index in [1.54, 1.807) is 0 Å². The number of allylic oxidation sites excluding steroid dienone is 1. The van der Waals surface area contributed by atoms with Crippen LogP contribution < -0.4 is 0 Å². The molecule has 0 aromatic heterocycles. The smallest absolute Gasteiger partial charge is 0.0201 e. The third-order valence-corrected chi connectivity index (χ3v) is 3.37. The van der Waals surface area contributed by atoms with Gasteiger partial charge in [-0.1, -0.05) is 18.6 Å². The molecule has 1 aliphatic rings. The molecule has 0 heterocycles. The largest absolute Gasteiger partial charge is 0.151 e. The van der Waals surface area contributed by atoms with Gasteiger partial charge in [0.1, 0.15) is 0 Å². The fourth-order valence-corrected chi connectivity index (χ4v) is 2.59. The summed E-state index contributed by atoms with van der Waals surface area (Å²) in [5.41, 5.74) is 0. The van der Waals surface area contributed by atoms with Crippen molar-refractivity contribution in [2.45, 2.75) is 43.6 Å². The summed E-state index contributed by atoms with van der Waals surface area (Å²) in [5.74, 6) is 0. The van der Waals surface area contributed by atoms with Gasteiger partial charge in [0.2, 0.25) is 0 Å². The zero-order valence-corrected chi connectivity index (χ0v) is 7.66. The van der Waals surface area contributed by atoms with E-state index < -0.39 is 0 Å². The van der Waals surface area contributed by atoms with Crippen LogP contribution in [0.3, 0.4) is 0 Å². The fourth-order valence-electron chi connectivity index (χ4n) is 1.13. The number of hydrogen-bond donors (Lipinski definition) is 0. The molecule has 10 heavy (non-hydrogen) atoms. The van der Waals surface area contributed by atoms with Crippen LogP contribution >= 0.6 is 11.8 Å². The average molecular weight is 156 g/mol. The first-order valence-corrected chi connectivity index (χ1v) is 5.05. The van der Waals surface area contributed by atoms with E-state index in [1.807, 2.05) is 0 Å². The number of rotatable bonds is 3. The molecule has 0 spiro atoms. The summed E-state index contributed by atoms with van der Waals surface area (Å²) >= 11 is 2.12. The molecule has 0 N–H and O–H groups in total. The van der Waals surface area contributed by atoms with Crippen molar-refractivity contribution in [2.75, 3.05) is 0 Å². The van der Waals surface area contributed by atoms with Crippen molar-refractivity contribution in [2.24, 2.45) is 0 Å². The molecule has 0 radical (unpaired) electrons. The molecule has 1 aliphatic carbocycles. The second kappa shape index (κ2) is 4.07. The highest BCUT2D eigenvalue weighted by Gasteiger charge is 2.18. The maximum atomic E-state index is 2.28. The summed E-state index contributed by atoms with van der Waals surface area (Å²) in [4.78, 5) is 0. The molecule has 0 aliphatic heterocycles. The minimum Gasteiger partial charge on any atom is -0.151 e. The van der Waals surface area contributed by atoms with Gasteiger partial charge in [-0.2, -0.15) is 11.8 Å². The van der Waals surface area contributed by atoms with Gasteiger partial charge in [0.25, 0.3) is 0 Å². The van der Waals surface area contributed by atoms with Crippen LogP contribution in [0.1, 0.15) is 33.1 Å². The lowest BCUT2D eigenvalue weighted by Crippen LogP contribution is -2.15.